The van der Waals surface area contributed by atoms with Crippen molar-refractivity contribution in [3.8, 4) is 0 Å². The van der Waals surface area contributed by atoms with Gasteiger partial charge in [-0.05, 0) is 26.7 Å². The molecule has 7 heteroatoms. The Hall–Kier alpha value is -1.76. The average Bonchev–Trinajstić information content (AvgIpc) is 3.14. The molecule has 2 atom stereocenters. The predicted octanol–water partition coefficient (Wildman–Crippen LogP) is 2.71. The van der Waals surface area contributed by atoms with Crippen molar-refractivity contribution in [2.24, 2.45) is 0 Å². The van der Waals surface area contributed by atoms with Crippen LogP contribution in [-0.2, 0) is 18.4 Å². The number of hydrogen-bond donors (Lipinski definition) is 1. The number of rotatable bonds is 4. The van der Waals surface area contributed by atoms with Gasteiger partial charge in [-0.1, -0.05) is 25.9 Å². The molecule has 0 saturated heterocycles. The number of hydrogen-bond acceptors (Lipinski definition) is 6. The standard InChI is InChI=1S/C16H26N6O/c1-10(13-20-19-12-8-6-7-9-22(12)13)17-11(2)14-18-15(21-23-14)16(3,4)5/h10-11,17H,6-9H2,1-5H3/t10-,11-/m0/s1. The van der Waals surface area contributed by atoms with Crippen LogP contribution in [0, 0.1) is 0 Å². The van der Waals surface area contributed by atoms with Gasteiger partial charge in [0.05, 0.1) is 12.1 Å². The lowest BCUT2D eigenvalue weighted by atomic mass is 9.96. The summed E-state index contributed by atoms with van der Waals surface area (Å²) in [5.41, 5.74) is -0.112. The van der Waals surface area contributed by atoms with E-state index in [9.17, 15) is 0 Å². The third kappa shape index (κ3) is 3.29. The van der Waals surface area contributed by atoms with Crippen LogP contribution in [0.1, 0.15) is 82.9 Å². The molecule has 7 nitrogen and oxygen atoms in total. The monoisotopic (exact) mass is 318 g/mol. The molecule has 1 aliphatic heterocycles. The number of nitrogens with zero attached hydrogens (tertiary/aromatic N) is 5. The van der Waals surface area contributed by atoms with E-state index in [2.05, 4.69) is 57.9 Å². The van der Waals surface area contributed by atoms with E-state index >= 15 is 0 Å². The van der Waals surface area contributed by atoms with Gasteiger partial charge in [-0.3, -0.25) is 5.32 Å². The van der Waals surface area contributed by atoms with Gasteiger partial charge in [-0.2, -0.15) is 4.98 Å². The van der Waals surface area contributed by atoms with Crippen LogP contribution >= 0.6 is 0 Å². The van der Waals surface area contributed by atoms with E-state index in [4.69, 9.17) is 4.52 Å². The fourth-order valence-electron chi connectivity index (χ4n) is 2.89. The number of aromatic nitrogens is 5. The Kier molecular flexibility index (Phi) is 4.23. The molecular formula is C16H26N6O. The molecule has 0 unspecified atom stereocenters. The normalized spacial score (nSPS) is 17.8. The van der Waals surface area contributed by atoms with Gasteiger partial charge in [0.25, 0.3) is 0 Å². The molecule has 0 fully saturated rings. The molecule has 0 aliphatic carbocycles. The second-order valence-electron chi connectivity index (χ2n) is 7.40. The highest BCUT2D eigenvalue weighted by Gasteiger charge is 2.26. The van der Waals surface area contributed by atoms with Crippen molar-refractivity contribution < 1.29 is 4.52 Å². The molecule has 3 heterocycles. The van der Waals surface area contributed by atoms with E-state index in [1.807, 2.05) is 6.92 Å². The zero-order valence-electron chi connectivity index (χ0n) is 14.6. The Bertz CT molecular complexity index is 668. The van der Waals surface area contributed by atoms with Crippen molar-refractivity contribution in [2.45, 2.75) is 77.9 Å². The minimum atomic E-state index is -0.112. The smallest absolute Gasteiger partial charge is 0.243 e. The van der Waals surface area contributed by atoms with E-state index in [0.29, 0.717) is 5.89 Å². The Morgan fingerprint density at radius 1 is 1.13 bits per heavy atom. The molecule has 2 aromatic heterocycles. The summed E-state index contributed by atoms with van der Waals surface area (Å²) in [5, 5.41) is 16.3. The Balaban J connectivity index is 1.71. The van der Waals surface area contributed by atoms with Gasteiger partial charge in [0, 0.05) is 18.4 Å². The van der Waals surface area contributed by atoms with Crippen molar-refractivity contribution in [2.75, 3.05) is 0 Å². The number of nitrogens with one attached hydrogen (secondary N) is 1. The van der Waals surface area contributed by atoms with Crippen LogP contribution in [0.5, 0.6) is 0 Å². The third-order valence-electron chi connectivity index (χ3n) is 4.26. The molecule has 0 spiro atoms. The van der Waals surface area contributed by atoms with E-state index in [-0.39, 0.29) is 17.5 Å². The SMILES string of the molecule is C[C@H](N[C@@H](C)c1nnc2n1CCCC2)c1nc(C(C)(C)C)no1. The summed E-state index contributed by atoms with van der Waals surface area (Å²) in [5.74, 6) is 3.43. The molecule has 1 aliphatic rings. The number of aryl methyl sites for hydroxylation is 1. The first-order valence-corrected chi connectivity index (χ1v) is 8.38. The van der Waals surface area contributed by atoms with Gasteiger partial charge >= 0.3 is 0 Å². The van der Waals surface area contributed by atoms with Gasteiger partial charge in [-0.15, -0.1) is 10.2 Å². The topological polar surface area (TPSA) is 81.7 Å². The average molecular weight is 318 g/mol. The van der Waals surface area contributed by atoms with Gasteiger partial charge in [0.1, 0.15) is 11.6 Å². The van der Waals surface area contributed by atoms with Crippen molar-refractivity contribution in [3.05, 3.63) is 23.4 Å². The first-order chi connectivity index (χ1) is 10.9. The van der Waals surface area contributed by atoms with Crippen LogP contribution in [0.4, 0.5) is 0 Å². The van der Waals surface area contributed by atoms with E-state index < -0.39 is 0 Å². The van der Waals surface area contributed by atoms with Gasteiger partial charge in [0.2, 0.25) is 5.89 Å². The zero-order valence-corrected chi connectivity index (χ0v) is 14.6. The maximum absolute atomic E-state index is 5.42. The highest BCUT2D eigenvalue weighted by atomic mass is 16.5. The molecule has 0 radical (unpaired) electrons. The molecule has 0 bridgehead atoms. The van der Waals surface area contributed by atoms with Gasteiger partial charge < -0.3 is 9.09 Å². The van der Waals surface area contributed by atoms with Crippen LogP contribution < -0.4 is 5.32 Å². The predicted molar refractivity (Wildman–Crippen MR) is 85.9 cm³/mol. The summed E-state index contributed by atoms with van der Waals surface area (Å²) < 4.78 is 7.66. The Morgan fingerprint density at radius 2 is 1.91 bits per heavy atom. The third-order valence-corrected chi connectivity index (χ3v) is 4.26. The maximum atomic E-state index is 5.42. The Morgan fingerprint density at radius 3 is 2.61 bits per heavy atom. The fourth-order valence-corrected chi connectivity index (χ4v) is 2.89. The number of fused-ring (bicyclic) bond motifs is 1. The molecule has 23 heavy (non-hydrogen) atoms. The van der Waals surface area contributed by atoms with E-state index in [1.165, 1.54) is 12.8 Å². The summed E-state index contributed by atoms with van der Waals surface area (Å²) in [4.78, 5) is 4.52. The molecule has 0 amide bonds. The Labute approximate surface area is 136 Å². The van der Waals surface area contributed by atoms with Crippen LogP contribution in [0.2, 0.25) is 0 Å². The first-order valence-electron chi connectivity index (χ1n) is 8.38. The minimum absolute atomic E-state index is 0.0369. The molecule has 0 aromatic carbocycles. The maximum Gasteiger partial charge on any atom is 0.243 e. The van der Waals surface area contributed by atoms with Crippen molar-refractivity contribution in [3.63, 3.8) is 0 Å². The van der Waals surface area contributed by atoms with Crippen molar-refractivity contribution in [1.82, 2.24) is 30.2 Å². The molecule has 1 N–H and O–H groups in total. The molecule has 2 aromatic rings. The lowest BCUT2D eigenvalue weighted by Gasteiger charge is -2.20. The largest absolute Gasteiger partial charge is 0.338 e. The fraction of sp³-hybridized carbons (Fsp3) is 0.750. The van der Waals surface area contributed by atoms with Gasteiger partial charge in [-0.25, -0.2) is 0 Å². The van der Waals surface area contributed by atoms with Crippen molar-refractivity contribution >= 4 is 0 Å². The van der Waals surface area contributed by atoms with Gasteiger partial charge in [0.15, 0.2) is 5.82 Å². The van der Waals surface area contributed by atoms with Crippen LogP contribution in [0.25, 0.3) is 0 Å². The van der Waals surface area contributed by atoms with Crippen LogP contribution in [-0.4, -0.2) is 24.9 Å². The quantitative estimate of drug-likeness (QED) is 0.933. The minimum Gasteiger partial charge on any atom is -0.338 e. The van der Waals surface area contributed by atoms with Crippen molar-refractivity contribution in [1.29, 1.82) is 0 Å². The molecule has 0 saturated carbocycles. The zero-order chi connectivity index (χ0) is 16.6. The van der Waals surface area contributed by atoms with Crippen LogP contribution in [0.3, 0.4) is 0 Å². The van der Waals surface area contributed by atoms with Crippen LogP contribution in [0.15, 0.2) is 4.52 Å². The highest BCUT2D eigenvalue weighted by molar-refractivity contribution is 5.05. The first kappa shape index (κ1) is 16.1. The van der Waals surface area contributed by atoms with E-state index in [1.54, 1.807) is 0 Å². The second-order valence-corrected chi connectivity index (χ2v) is 7.40. The lowest BCUT2D eigenvalue weighted by Crippen LogP contribution is -2.26. The molecule has 3 rings (SSSR count). The molecular weight excluding hydrogens is 292 g/mol. The summed E-state index contributed by atoms with van der Waals surface area (Å²) in [6, 6.07) is 0.0412. The summed E-state index contributed by atoms with van der Waals surface area (Å²) >= 11 is 0. The lowest BCUT2D eigenvalue weighted by molar-refractivity contribution is 0.316. The summed E-state index contributed by atoms with van der Waals surface area (Å²) in [6.45, 7) is 11.4. The second kappa shape index (κ2) is 6.03. The summed E-state index contributed by atoms with van der Waals surface area (Å²) in [7, 11) is 0. The summed E-state index contributed by atoms with van der Waals surface area (Å²) in [6.07, 6.45) is 3.42. The highest BCUT2D eigenvalue weighted by Crippen LogP contribution is 2.23. The van der Waals surface area contributed by atoms with E-state index in [0.717, 1.165) is 30.4 Å². The molecule has 126 valence electrons.